The molecule has 1 saturated heterocycles. The van der Waals surface area contributed by atoms with Gasteiger partial charge < -0.3 is 24.7 Å². The Bertz CT molecular complexity index is 1100. The molecule has 0 radical (unpaired) electrons. The first-order valence-corrected chi connectivity index (χ1v) is 13.2. The van der Waals surface area contributed by atoms with E-state index < -0.39 is 35.5 Å². The molecule has 10 heteroatoms. The van der Waals surface area contributed by atoms with Gasteiger partial charge in [-0.05, 0) is 58.9 Å². The average Bonchev–Trinajstić information content (AvgIpc) is 3.37. The molecule has 2 N–H and O–H groups in total. The third kappa shape index (κ3) is 6.48. The van der Waals surface area contributed by atoms with Gasteiger partial charge in [-0.25, -0.2) is 18.6 Å². The number of amides is 1. The predicted octanol–water partition coefficient (Wildman–Crippen LogP) is 4.07. The number of aromatic nitrogens is 2. The van der Waals surface area contributed by atoms with Crippen molar-refractivity contribution < 1.29 is 23.0 Å². The number of likely N-dealkylation sites (N-methyl/N-ethyl adjacent to an activating group) is 1. The SMILES string of the molecule is CCNCCc1nc2c(n1CC)CN([C@H]1CO[C@H](c3cc(F)ccc3F)[C@@H](NC(=O)OC(C)(C)C)C1)C2. The Morgan fingerprint density at radius 1 is 1.24 bits per heavy atom. The number of alkyl carbamates (subject to hydrolysis) is 1. The van der Waals surface area contributed by atoms with Crippen molar-refractivity contribution >= 4 is 6.09 Å². The topological polar surface area (TPSA) is 80.7 Å². The molecule has 2 aromatic rings. The Morgan fingerprint density at radius 3 is 2.73 bits per heavy atom. The van der Waals surface area contributed by atoms with Crippen LogP contribution in [0.4, 0.5) is 13.6 Å². The van der Waals surface area contributed by atoms with Crippen molar-refractivity contribution in [3.05, 3.63) is 52.6 Å². The third-order valence-corrected chi connectivity index (χ3v) is 6.87. The highest BCUT2D eigenvalue weighted by Gasteiger charge is 2.40. The standard InChI is InChI=1S/C27H39F2N5O3/c1-6-30-11-10-24-31-22-14-33(15-23(22)34(24)7-2)18-13-21(32-26(35)37-27(3,4)5)25(36-16-18)19-12-17(28)8-9-20(19)29/h8-9,12,18,21,25,30H,6-7,10-11,13-16H2,1-5H3,(H,32,35)/t18-,21+,25-/m1/s1. The number of rotatable bonds is 8. The molecule has 2 aliphatic heterocycles. The van der Waals surface area contributed by atoms with Gasteiger partial charge in [0.2, 0.25) is 0 Å². The molecule has 204 valence electrons. The molecule has 3 heterocycles. The highest BCUT2D eigenvalue weighted by atomic mass is 19.1. The number of carbonyl (C=O) groups is 1. The van der Waals surface area contributed by atoms with Crippen LogP contribution >= 0.6 is 0 Å². The monoisotopic (exact) mass is 519 g/mol. The van der Waals surface area contributed by atoms with Crippen molar-refractivity contribution in [3.8, 4) is 0 Å². The largest absolute Gasteiger partial charge is 0.444 e. The molecule has 4 rings (SSSR count). The molecule has 0 aliphatic carbocycles. The van der Waals surface area contributed by atoms with E-state index in [-0.39, 0.29) is 11.6 Å². The second-order valence-corrected chi connectivity index (χ2v) is 10.7. The van der Waals surface area contributed by atoms with Crippen LogP contribution in [0, 0.1) is 11.6 Å². The van der Waals surface area contributed by atoms with Crippen molar-refractivity contribution in [1.82, 2.24) is 25.1 Å². The summed E-state index contributed by atoms with van der Waals surface area (Å²) < 4.78 is 42.6. The van der Waals surface area contributed by atoms with Crippen molar-refractivity contribution in [2.24, 2.45) is 0 Å². The van der Waals surface area contributed by atoms with Crippen LogP contribution < -0.4 is 10.6 Å². The summed E-state index contributed by atoms with van der Waals surface area (Å²) in [6, 6.07) is 2.67. The number of imidazole rings is 1. The zero-order valence-corrected chi connectivity index (χ0v) is 22.4. The summed E-state index contributed by atoms with van der Waals surface area (Å²) in [5.41, 5.74) is 1.69. The van der Waals surface area contributed by atoms with Gasteiger partial charge in [-0.1, -0.05) is 6.92 Å². The number of nitrogens with zero attached hydrogens (tertiary/aromatic N) is 3. The zero-order chi connectivity index (χ0) is 26.7. The number of fused-ring (bicyclic) bond motifs is 1. The van der Waals surface area contributed by atoms with Crippen LogP contribution in [-0.2, 0) is 35.5 Å². The van der Waals surface area contributed by atoms with Gasteiger partial charge >= 0.3 is 6.09 Å². The lowest BCUT2D eigenvalue weighted by Crippen LogP contribution is -2.52. The Morgan fingerprint density at radius 2 is 2.03 bits per heavy atom. The minimum absolute atomic E-state index is 0.0301. The smallest absolute Gasteiger partial charge is 0.407 e. The maximum atomic E-state index is 14.7. The third-order valence-electron chi connectivity index (χ3n) is 6.87. The molecular formula is C27H39F2N5O3. The van der Waals surface area contributed by atoms with Crippen molar-refractivity contribution in [2.45, 2.75) is 90.9 Å². The van der Waals surface area contributed by atoms with E-state index in [4.69, 9.17) is 14.5 Å². The van der Waals surface area contributed by atoms with Crippen LogP contribution in [0.15, 0.2) is 18.2 Å². The van der Waals surface area contributed by atoms with E-state index in [2.05, 4.69) is 33.9 Å². The fraction of sp³-hybridized carbons (Fsp3) is 0.630. The second kappa shape index (κ2) is 11.4. The first-order chi connectivity index (χ1) is 17.6. The fourth-order valence-electron chi connectivity index (χ4n) is 5.24. The summed E-state index contributed by atoms with van der Waals surface area (Å²) in [7, 11) is 0. The molecule has 37 heavy (non-hydrogen) atoms. The number of hydrogen-bond donors (Lipinski definition) is 2. The van der Waals surface area contributed by atoms with Crippen LogP contribution in [0.25, 0.3) is 0 Å². The number of hydrogen-bond acceptors (Lipinski definition) is 6. The van der Waals surface area contributed by atoms with E-state index in [1.165, 1.54) is 5.69 Å². The van der Waals surface area contributed by atoms with Crippen LogP contribution in [0.3, 0.4) is 0 Å². The van der Waals surface area contributed by atoms with E-state index in [1.54, 1.807) is 20.8 Å². The first kappa shape index (κ1) is 27.5. The first-order valence-electron chi connectivity index (χ1n) is 13.2. The van der Waals surface area contributed by atoms with E-state index in [0.29, 0.717) is 19.6 Å². The Labute approximate surface area is 217 Å². The lowest BCUT2D eigenvalue weighted by atomic mass is 9.92. The lowest BCUT2D eigenvalue weighted by molar-refractivity contribution is -0.0630. The van der Waals surface area contributed by atoms with Crippen LogP contribution in [0.5, 0.6) is 0 Å². The molecule has 1 fully saturated rings. The summed E-state index contributed by atoms with van der Waals surface area (Å²) in [6.45, 7) is 14.0. The van der Waals surface area contributed by atoms with E-state index >= 15 is 0 Å². The van der Waals surface area contributed by atoms with E-state index in [1.807, 2.05) is 0 Å². The predicted molar refractivity (Wildman–Crippen MR) is 136 cm³/mol. The van der Waals surface area contributed by atoms with Crippen LogP contribution in [0.2, 0.25) is 0 Å². The maximum Gasteiger partial charge on any atom is 0.407 e. The summed E-state index contributed by atoms with van der Waals surface area (Å²) in [4.78, 5) is 19.9. The Balaban J connectivity index is 1.50. The molecule has 0 spiro atoms. The summed E-state index contributed by atoms with van der Waals surface area (Å²) in [5.74, 6) is -0.0273. The molecule has 8 nitrogen and oxygen atoms in total. The average molecular weight is 520 g/mol. The second-order valence-electron chi connectivity index (χ2n) is 10.7. The fourth-order valence-corrected chi connectivity index (χ4v) is 5.24. The quantitative estimate of drug-likeness (QED) is 0.512. The van der Waals surface area contributed by atoms with Gasteiger partial charge in [-0.3, -0.25) is 4.90 Å². The summed E-state index contributed by atoms with van der Waals surface area (Å²) in [5, 5.41) is 6.23. The minimum Gasteiger partial charge on any atom is -0.444 e. The number of carbonyl (C=O) groups excluding carboxylic acids is 1. The maximum absolute atomic E-state index is 14.7. The highest BCUT2D eigenvalue weighted by molar-refractivity contribution is 5.68. The molecule has 0 saturated carbocycles. The normalized spacial score (nSPS) is 22.2. The van der Waals surface area contributed by atoms with Crippen molar-refractivity contribution in [2.75, 3.05) is 19.7 Å². The van der Waals surface area contributed by atoms with Gasteiger partial charge in [0.25, 0.3) is 0 Å². The molecule has 2 aliphatic rings. The Hall–Kier alpha value is -2.56. The molecular weight excluding hydrogens is 480 g/mol. The minimum atomic E-state index is -0.829. The van der Waals surface area contributed by atoms with Gasteiger partial charge in [0, 0.05) is 44.2 Å². The number of ether oxygens (including phenoxy) is 2. The molecule has 0 unspecified atom stereocenters. The molecule has 1 aromatic heterocycles. The number of halogens is 2. The van der Waals surface area contributed by atoms with Gasteiger partial charge in [-0.2, -0.15) is 0 Å². The van der Waals surface area contributed by atoms with Gasteiger partial charge in [0.05, 0.1) is 24.0 Å². The van der Waals surface area contributed by atoms with Crippen molar-refractivity contribution in [3.63, 3.8) is 0 Å². The van der Waals surface area contributed by atoms with Gasteiger partial charge in [-0.15, -0.1) is 0 Å². The van der Waals surface area contributed by atoms with Gasteiger partial charge in [0.1, 0.15) is 29.2 Å². The summed E-state index contributed by atoms with van der Waals surface area (Å²) >= 11 is 0. The molecule has 3 atom stereocenters. The zero-order valence-electron chi connectivity index (χ0n) is 22.4. The summed E-state index contributed by atoms with van der Waals surface area (Å²) in [6.07, 6.45) is -0.0598. The van der Waals surface area contributed by atoms with E-state index in [0.717, 1.165) is 62.3 Å². The van der Waals surface area contributed by atoms with Crippen molar-refractivity contribution in [1.29, 1.82) is 0 Å². The van der Waals surface area contributed by atoms with Gasteiger partial charge in [0.15, 0.2) is 0 Å². The number of benzene rings is 1. The molecule has 1 aromatic carbocycles. The molecule has 1 amide bonds. The number of nitrogens with one attached hydrogen (secondary N) is 2. The highest BCUT2D eigenvalue weighted by Crippen LogP contribution is 2.35. The molecule has 0 bridgehead atoms. The lowest BCUT2D eigenvalue weighted by Gasteiger charge is -2.40. The van der Waals surface area contributed by atoms with Crippen LogP contribution in [0.1, 0.15) is 69.9 Å². The Kier molecular flexibility index (Phi) is 8.50. The van der Waals surface area contributed by atoms with E-state index in [9.17, 15) is 13.6 Å². The van der Waals surface area contributed by atoms with Crippen LogP contribution in [-0.4, -0.2) is 57.9 Å².